The molecular weight excluding hydrogens is 290 g/mol. The molecule has 0 bridgehead atoms. The average Bonchev–Trinajstić information content (AvgIpc) is 2.52. The fraction of sp³-hybridized carbons (Fsp3) is 0.250. The maximum atomic E-state index is 12.1. The van der Waals surface area contributed by atoms with E-state index in [0.29, 0.717) is 17.1 Å². The third-order valence-electron chi connectivity index (χ3n) is 2.95. The van der Waals surface area contributed by atoms with E-state index in [-0.39, 0.29) is 6.61 Å². The molecule has 0 aliphatic rings. The van der Waals surface area contributed by atoms with Gasteiger partial charge in [0, 0.05) is 5.69 Å². The Morgan fingerprint density at radius 2 is 2.10 bits per heavy atom. The topological polar surface area (TPSA) is 48.4 Å². The molecule has 0 spiro atoms. The van der Waals surface area contributed by atoms with Gasteiger partial charge < -0.3 is 9.47 Å². The first kappa shape index (κ1) is 15.3. The number of pyridine rings is 1. The molecule has 5 heteroatoms. The zero-order chi connectivity index (χ0) is 15.2. The van der Waals surface area contributed by atoms with E-state index in [0.717, 1.165) is 17.0 Å². The Labute approximate surface area is 128 Å². The second-order valence-electron chi connectivity index (χ2n) is 4.45. The number of rotatable bonds is 5. The lowest BCUT2D eigenvalue weighted by Gasteiger charge is -2.07. The van der Waals surface area contributed by atoms with Crippen LogP contribution in [0.25, 0.3) is 0 Å². The van der Waals surface area contributed by atoms with Crippen molar-refractivity contribution in [1.29, 1.82) is 0 Å². The number of carbonyl (C=O) groups is 1. The van der Waals surface area contributed by atoms with E-state index in [9.17, 15) is 4.79 Å². The number of halogens is 1. The highest BCUT2D eigenvalue weighted by Crippen LogP contribution is 2.16. The first-order valence-electron chi connectivity index (χ1n) is 6.59. The molecule has 2 aromatic rings. The largest absolute Gasteiger partial charge is 0.497 e. The molecule has 110 valence electrons. The maximum Gasteiger partial charge on any atom is 0.338 e. The lowest BCUT2D eigenvalue weighted by molar-refractivity contribution is 0.0472. The predicted octanol–water partition coefficient (Wildman–Crippen LogP) is 3.66. The summed E-state index contributed by atoms with van der Waals surface area (Å²) >= 11 is 5.89. The summed E-state index contributed by atoms with van der Waals surface area (Å²) in [6.07, 6.45) is 0.705. The smallest absolute Gasteiger partial charge is 0.338 e. The molecule has 21 heavy (non-hydrogen) atoms. The molecule has 0 radical (unpaired) electrons. The van der Waals surface area contributed by atoms with Gasteiger partial charge in [-0.2, -0.15) is 0 Å². The van der Waals surface area contributed by atoms with Crippen LogP contribution in [0.2, 0.25) is 5.15 Å². The Kier molecular flexibility index (Phi) is 5.17. The summed E-state index contributed by atoms with van der Waals surface area (Å²) in [4.78, 5) is 16.2. The fourth-order valence-electron chi connectivity index (χ4n) is 1.84. The third kappa shape index (κ3) is 4.20. The summed E-state index contributed by atoms with van der Waals surface area (Å²) in [5, 5.41) is 0.294. The maximum absolute atomic E-state index is 12.1. The van der Waals surface area contributed by atoms with Crippen LogP contribution in [0.15, 0.2) is 36.4 Å². The normalized spacial score (nSPS) is 10.2. The van der Waals surface area contributed by atoms with Crippen LogP contribution in [0.3, 0.4) is 0 Å². The predicted molar refractivity (Wildman–Crippen MR) is 80.7 cm³/mol. The third-order valence-corrected chi connectivity index (χ3v) is 3.14. The number of nitrogens with zero attached hydrogens (tertiary/aromatic N) is 1. The number of aryl methyl sites for hydroxylation is 1. The first-order chi connectivity index (χ1) is 10.1. The van der Waals surface area contributed by atoms with Crippen LogP contribution >= 0.6 is 11.6 Å². The van der Waals surface area contributed by atoms with E-state index < -0.39 is 5.97 Å². The molecule has 0 saturated heterocycles. The van der Waals surface area contributed by atoms with Gasteiger partial charge in [-0.25, -0.2) is 9.78 Å². The van der Waals surface area contributed by atoms with Crippen molar-refractivity contribution in [3.05, 3.63) is 58.4 Å². The lowest BCUT2D eigenvalue weighted by Crippen LogP contribution is -2.07. The molecule has 1 aromatic carbocycles. The summed E-state index contributed by atoms with van der Waals surface area (Å²) in [5.41, 5.74) is 2.03. The number of ether oxygens (including phenoxy) is 2. The molecule has 0 saturated carbocycles. The van der Waals surface area contributed by atoms with Crippen molar-refractivity contribution in [3.63, 3.8) is 0 Å². The number of carbonyl (C=O) groups excluding carboxylic acids is 1. The monoisotopic (exact) mass is 305 g/mol. The van der Waals surface area contributed by atoms with Crippen LogP contribution in [0.1, 0.15) is 28.5 Å². The van der Waals surface area contributed by atoms with Crippen molar-refractivity contribution < 1.29 is 14.3 Å². The van der Waals surface area contributed by atoms with Crippen molar-refractivity contribution in [2.45, 2.75) is 20.0 Å². The number of methoxy groups -OCH3 is 1. The number of benzene rings is 1. The molecule has 2 rings (SSSR count). The van der Waals surface area contributed by atoms with Gasteiger partial charge in [0.05, 0.1) is 12.7 Å². The summed E-state index contributed by atoms with van der Waals surface area (Å²) in [5.74, 6) is 0.306. The zero-order valence-corrected chi connectivity index (χ0v) is 12.7. The SMILES string of the molecule is CCc1cc(C(=O)OCc2cccc(OC)c2)cc(Cl)n1. The van der Waals surface area contributed by atoms with Crippen LogP contribution in [0.4, 0.5) is 0 Å². The minimum absolute atomic E-state index is 0.178. The van der Waals surface area contributed by atoms with Gasteiger partial charge >= 0.3 is 5.97 Å². The molecule has 4 nitrogen and oxygen atoms in total. The van der Waals surface area contributed by atoms with Gasteiger partial charge in [-0.3, -0.25) is 0 Å². The lowest BCUT2D eigenvalue weighted by atomic mass is 10.2. The second kappa shape index (κ2) is 7.09. The standard InChI is InChI=1S/C16H16ClNO3/c1-3-13-8-12(9-15(17)18-13)16(19)21-10-11-5-4-6-14(7-11)20-2/h4-9H,3,10H2,1-2H3. The quantitative estimate of drug-likeness (QED) is 0.625. The minimum Gasteiger partial charge on any atom is -0.497 e. The molecule has 1 aromatic heterocycles. The van der Waals surface area contributed by atoms with Gasteiger partial charge in [0.15, 0.2) is 0 Å². The first-order valence-corrected chi connectivity index (χ1v) is 6.96. The summed E-state index contributed by atoms with van der Waals surface area (Å²) < 4.78 is 10.4. The average molecular weight is 306 g/mol. The Hall–Kier alpha value is -2.07. The minimum atomic E-state index is -0.420. The van der Waals surface area contributed by atoms with Crippen LogP contribution < -0.4 is 4.74 Å². The summed E-state index contributed by atoms with van der Waals surface area (Å²) in [7, 11) is 1.59. The van der Waals surface area contributed by atoms with Gasteiger partial charge in [-0.05, 0) is 36.2 Å². The van der Waals surface area contributed by atoms with Crippen molar-refractivity contribution in [3.8, 4) is 5.75 Å². The van der Waals surface area contributed by atoms with Gasteiger partial charge in [0.25, 0.3) is 0 Å². The Morgan fingerprint density at radius 1 is 1.29 bits per heavy atom. The second-order valence-corrected chi connectivity index (χ2v) is 4.84. The van der Waals surface area contributed by atoms with E-state index in [1.807, 2.05) is 31.2 Å². The van der Waals surface area contributed by atoms with Crippen LogP contribution in [0.5, 0.6) is 5.75 Å². The van der Waals surface area contributed by atoms with Crippen molar-refractivity contribution in [1.82, 2.24) is 4.98 Å². The molecule has 1 heterocycles. The van der Waals surface area contributed by atoms with Crippen molar-refractivity contribution in [2.24, 2.45) is 0 Å². The van der Waals surface area contributed by atoms with Gasteiger partial charge in [0.1, 0.15) is 17.5 Å². The Morgan fingerprint density at radius 3 is 2.81 bits per heavy atom. The number of hydrogen-bond donors (Lipinski definition) is 0. The zero-order valence-electron chi connectivity index (χ0n) is 11.9. The van der Waals surface area contributed by atoms with Crippen LogP contribution in [-0.4, -0.2) is 18.1 Å². The molecule has 0 N–H and O–H groups in total. The van der Waals surface area contributed by atoms with Crippen LogP contribution in [0, 0.1) is 0 Å². The molecule has 0 atom stereocenters. The number of aromatic nitrogens is 1. The Bertz CT molecular complexity index is 643. The summed E-state index contributed by atoms with van der Waals surface area (Å²) in [6.45, 7) is 2.13. The summed E-state index contributed by atoms with van der Waals surface area (Å²) in [6, 6.07) is 10.6. The van der Waals surface area contributed by atoms with E-state index >= 15 is 0 Å². The number of hydrogen-bond acceptors (Lipinski definition) is 4. The molecule has 0 aliphatic heterocycles. The molecule has 0 unspecified atom stereocenters. The van der Waals surface area contributed by atoms with E-state index in [4.69, 9.17) is 21.1 Å². The van der Waals surface area contributed by atoms with Gasteiger partial charge in [-0.1, -0.05) is 30.7 Å². The molecule has 0 amide bonds. The molecule has 0 fully saturated rings. The molecule has 0 aliphatic carbocycles. The highest BCUT2D eigenvalue weighted by molar-refractivity contribution is 6.29. The van der Waals surface area contributed by atoms with Crippen molar-refractivity contribution >= 4 is 17.6 Å². The van der Waals surface area contributed by atoms with E-state index in [2.05, 4.69) is 4.98 Å². The highest BCUT2D eigenvalue weighted by Gasteiger charge is 2.10. The van der Waals surface area contributed by atoms with Gasteiger partial charge in [0.2, 0.25) is 0 Å². The van der Waals surface area contributed by atoms with Gasteiger partial charge in [-0.15, -0.1) is 0 Å². The molecular formula is C16H16ClNO3. The highest BCUT2D eigenvalue weighted by atomic mass is 35.5. The van der Waals surface area contributed by atoms with Crippen molar-refractivity contribution in [2.75, 3.05) is 7.11 Å². The van der Waals surface area contributed by atoms with E-state index in [1.165, 1.54) is 6.07 Å². The fourth-order valence-corrected chi connectivity index (χ4v) is 2.07. The van der Waals surface area contributed by atoms with E-state index in [1.54, 1.807) is 13.2 Å². The number of esters is 1. The Balaban J connectivity index is 2.06. The van der Waals surface area contributed by atoms with Crippen LogP contribution in [-0.2, 0) is 17.8 Å².